The van der Waals surface area contributed by atoms with E-state index in [1.165, 1.54) is 29.2 Å². The van der Waals surface area contributed by atoms with Gasteiger partial charge in [-0.25, -0.2) is 0 Å². The second-order valence-corrected chi connectivity index (χ2v) is 8.01. The fraction of sp³-hybridized carbons (Fsp3) is 0.286. The van der Waals surface area contributed by atoms with Gasteiger partial charge in [-0.05, 0) is 24.3 Å². The molecule has 0 radical (unpaired) electrons. The van der Waals surface area contributed by atoms with Crippen molar-refractivity contribution in [3.05, 3.63) is 74.6 Å². The molecule has 34 heavy (non-hydrogen) atoms. The minimum absolute atomic E-state index is 0.0366. The zero-order chi connectivity index (χ0) is 24.5. The molecule has 0 unspecified atom stereocenters. The molecule has 0 spiro atoms. The van der Waals surface area contributed by atoms with Crippen molar-refractivity contribution in [3.63, 3.8) is 0 Å². The number of aromatic nitrogens is 2. The number of benzene rings is 2. The van der Waals surface area contributed by atoms with Crippen LogP contribution in [0.15, 0.2) is 47.0 Å². The van der Waals surface area contributed by atoms with Crippen molar-refractivity contribution in [1.29, 1.82) is 0 Å². The Morgan fingerprint density at radius 2 is 1.88 bits per heavy atom. The highest BCUT2D eigenvalue weighted by Gasteiger charge is 2.31. The van der Waals surface area contributed by atoms with Gasteiger partial charge in [0.15, 0.2) is 0 Å². The van der Waals surface area contributed by atoms with Crippen molar-refractivity contribution in [1.82, 2.24) is 19.9 Å². The van der Waals surface area contributed by atoms with E-state index in [2.05, 4.69) is 10.1 Å². The third-order valence-corrected chi connectivity index (χ3v) is 5.56. The topological polar surface area (TPSA) is 106 Å². The Morgan fingerprint density at radius 3 is 2.56 bits per heavy atom. The van der Waals surface area contributed by atoms with Crippen LogP contribution >= 0.6 is 11.6 Å². The number of piperazine rings is 1. The van der Waals surface area contributed by atoms with Crippen molar-refractivity contribution in [3.8, 4) is 11.4 Å². The lowest BCUT2D eigenvalue weighted by atomic mass is 10.1. The first-order valence-electron chi connectivity index (χ1n) is 10.1. The van der Waals surface area contributed by atoms with Crippen LogP contribution in [0.1, 0.15) is 21.8 Å². The lowest BCUT2D eigenvalue weighted by Gasteiger charge is -2.33. The molecule has 3 aromatic rings. The summed E-state index contributed by atoms with van der Waals surface area (Å²) < 4.78 is 44.0. The SMILES string of the molecule is O=C(c1ccc(Cl)cc1[N+](=O)[O-])N1CCN(Cc2nc(-c3cccc(C(F)(F)F)c3)no2)CC1. The molecule has 0 bridgehead atoms. The molecule has 1 saturated heterocycles. The molecule has 0 aliphatic carbocycles. The summed E-state index contributed by atoms with van der Waals surface area (Å²) in [6.07, 6.45) is -4.48. The molecule has 1 fully saturated rings. The molecule has 1 aliphatic rings. The Balaban J connectivity index is 1.38. The molecule has 0 N–H and O–H groups in total. The van der Waals surface area contributed by atoms with Crippen LogP contribution in [0, 0.1) is 10.1 Å². The third-order valence-electron chi connectivity index (χ3n) is 5.32. The van der Waals surface area contributed by atoms with Crippen molar-refractivity contribution in [2.75, 3.05) is 26.2 Å². The van der Waals surface area contributed by atoms with Crippen LogP contribution in [0.2, 0.25) is 5.02 Å². The summed E-state index contributed by atoms with van der Waals surface area (Å²) in [5.41, 5.74) is -1.01. The molecule has 13 heteroatoms. The minimum atomic E-state index is -4.48. The summed E-state index contributed by atoms with van der Waals surface area (Å²) in [5, 5.41) is 15.2. The van der Waals surface area contributed by atoms with E-state index in [1.807, 2.05) is 4.90 Å². The maximum Gasteiger partial charge on any atom is 0.416 e. The second kappa shape index (κ2) is 9.39. The first-order chi connectivity index (χ1) is 16.1. The molecule has 0 saturated carbocycles. The lowest BCUT2D eigenvalue weighted by molar-refractivity contribution is -0.385. The van der Waals surface area contributed by atoms with Crippen molar-refractivity contribution >= 4 is 23.2 Å². The van der Waals surface area contributed by atoms with Crippen LogP contribution in [-0.2, 0) is 12.7 Å². The van der Waals surface area contributed by atoms with Crippen LogP contribution in [0.5, 0.6) is 0 Å². The summed E-state index contributed by atoms with van der Waals surface area (Å²) >= 11 is 5.81. The van der Waals surface area contributed by atoms with E-state index in [-0.39, 0.29) is 40.1 Å². The van der Waals surface area contributed by atoms with E-state index in [0.717, 1.165) is 18.2 Å². The van der Waals surface area contributed by atoms with E-state index >= 15 is 0 Å². The summed E-state index contributed by atoms with van der Waals surface area (Å²) in [4.78, 5) is 31.1. The van der Waals surface area contributed by atoms with E-state index in [4.69, 9.17) is 16.1 Å². The highest BCUT2D eigenvalue weighted by Crippen LogP contribution is 2.31. The van der Waals surface area contributed by atoms with Gasteiger partial charge in [-0.2, -0.15) is 18.2 Å². The Labute approximate surface area is 195 Å². The number of nitro benzene ring substituents is 1. The molecule has 1 aromatic heterocycles. The summed E-state index contributed by atoms with van der Waals surface area (Å²) in [6, 6.07) is 8.56. The Hall–Kier alpha value is -3.51. The average molecular weight is 496 g/mol. The molecule has 0 atom stereocenters. The smallest absolute Gasteiger partial charge is 0.338 e. The maximum absolute atomic E-state index is 12.9. The summed E-state index contributed by atoms with van der Waals surface area (Å²) in [5.74, 6) is -0.196. The number of carbonyl (C=O) groups is 1. The summed E-state index contributed by atoms with van der Waals surface area (Å²) in [6.45, 7) is 1.75. The van der Waals surface area contributed by atoms with E-state index in [9.17, 15) is 28.1 Å². The van der Waals surface area contributed by atoms with Crippen molar-refractivity contribution in [2.24, 2.45) is 0 Å². The predicted octanol–water partition coefficient (Wildman–Crippen LogP) is 4.28. The highest BCUT2D eigenvalue weighted by atomic mass is 35.5. The number of amides is 1. The van der Waals surface area contributed by atoms with Gasteiger partial charge < -0.3 is 9.42 Å². The van der Waals surface area contributed by atoms with Crippen molar-refractivity contribution in [2.45, 2.75) is 12.7 Å². The predicted molar refractivity (Wildman–Crippen MR) is 114 cm³/mol. The normalized spacial score (nSPS) is 14.9. The first-order valence-corrected chi connectivity index (χ1v) is 10.5. The summed E-state index contributed by atoms with van der Waals surface area (Å²) in [7, 11) is 0. The number of hydrogen-bond donors (Lipinski definition) is 0. The van der Waals surface area contributed by atoms with Crippen LogP contribution < -0.4 is 0 Å². The first kappa shape index (κ1) is 23.6. The van der Waals surface area contributed by atoms with Gasteiger partial charge in [0.2, 0.25) is 11.7 Å². The number of halogens is 4. The van der Waals surface area contributed by atoms with Crippen LogP contribution in [0.25, 0.3) is 11.4 Å². The molecule has 1 aliphatic heterocycles. The molecular formula is C21H17ClF3N5O4. The highest BCUT2D eigenvalue weighted by molar-refractivity contribution is 6.31. The monoisotopic (exact) mass is 495 g/mol. The van der Waals surface area contributed by atoms with Crippen LogP contribution in [-0.4, -0.2) is 56.9 Å². The molecule has 4 rings (SSSR count). The van der Waals surface area contributed by atoms with E-state index < -0.39 is 22.6 Å². The zero-order valence-corrected chi connectivity index (χ0v) is 18.2. The average Bonchev–Trinajstić information content (AvgIpc) is 3.27. The number of rotatable bonds is 5. The lowest BCUT2D eigenvalue weighted by Crippen LogP contribution is -2.48. The number of nitrogens with zero attached hydrogens (tertiary/aromatic N) is 5. The Morgan fingerprint density at radius 1 is 1.15 bits per heavy atom. The van der Waals surface area contributed by atoms with Gasteiger partial charge in [0.25, 0.3) is 11.6 Å². The zero-order valence-electron chi connectivity index (χ0n) is 17.5. The van der Waals surface area contributed by atoms with Gasteiger partial charge in [0.1, 0.15) is 5.56 Å². The fourth-order valence-electron chi connectivity index (χ4n) is 3.58. The largest absolute Gasteiger partial charge is 0.416 e. The van der Waals surface area contributed by atoms with Crippen LogP contribution in [0.3, 0.4) is 0 Å². The third kappa shape index (κ3) is 5.18. The van der Waals surface area contributed by atoms with Gasteiger partial charge in [0.05, 0.1) is 17.0 Å². The molecule has 2 aromatic carbocycles. The molecule has 9 nitrogen and oxygen atoms in total. The van der Waals surface area contributed by atoms with Crippen molar-refractivity contribution < 1.29 is 27.4 Å². The maximum atomic E-state index is 12.9. The van der Waals surface area contributed by atoms with E-state index in [0.29, 0.717) is 26.2 Å². The van der Waals surface area contributed by atoms with Gasteiger partial charge >= 0.3 is 6.18 Å². The molecular weight excluding hydrogens is 479 g/mol. The van der Waals surface area contributed by atoms with Crippen LogP contribution in [0.4, 0.5) is 18.9 Å². The Bertz CT molecular complexity index is 1230. The number of hydrogen-bond acceptors (Lipinski definition) is 7. The van der Waals surface area contributed by atoms with Gasteiger partial charge in [0, 0.05) is 42.8 Å². The number of nitro groups is 1. The van der Waals surface area contributed by atoms with Gasteiger partial charge in [-0.1, -0.05) is 28.9 Å². The Kier molecular flexibility index (Phi) is 6.53. The second-order valence-electron chi connectivity index (χ2n) is 7.58. The quantitative estimate of drug-likeness (QED) is 0.384. The molecule has 178 valence electrons. The molecule has 1 amide bonds. The fourth-order valence-corrected chi connectivity index (χ4v) is 3.74. The van der Waals surface area contributed by atoms with E-state index in [1.54, 1.807) is 0 Å². The standard InChI is InChI=1S/C21H17ClF3N5O4/c22-15-4-5-16(17(11-15)30(32)33)20(31)29-8-6-28(7-9-29)12-18-26-19(27-34-18)13-2-1-3-14(10-13)21(23,24)25/h1-5,10-11H,6-9,12H2. The number of carbonyl (C=O) groups excluding carboxylic acids is 1. The number of alkyl halides is 3. The minimum Gasteiger partial charge on any atom is -0.338 e. The van der Waals surface area contributed by atoms with Gasteiger partial charge in [-0.3, -0.25) is 19.8 Å². The van der Waals surface area contributed by atoms with Gasteiger partial charge in [-0.15, -0.1) is 0 Å². The molecule has 2 heterocycles.